The Labute approximate surface area is 187 Å². The lowest BCUT2D eigenvalue weighted by atomic mass is 9.99. The summed E-state index contributed by atoms with van der Waals surface area (Å²) in [7, 11) is 1.83. The highest BCUT2D eigenvalue weighted by atomic mass is 35.5. The Balaban J connectivity index is 1.79. The molecule has 0 saturated carbocycles. The van der Waals surface area contributed by atoms with Gasteiger partial charge in [0.2, 0.25) is 0 Å². The van der Waals surface area contributed by atoms with Crippen LogP contribution in [0, 0.1) is 5.82 Å². The van der Waals surface area contributed by atoms with Crippen molar-refractivity contribution in [3.63, 3.8) is 0 Å². The number of aliphatic carboxylic acids is 1. The number of hydrogen-bond acceptors (Lipinski definition) is 3. The number of carboxylic acid groups (broad SMARTS) is 1. The quantitative estimate of drug-likeness (QED) is 0.404. The number of fused-ring (bicyclic) bond motifs is 3. The van der Waals surface area contributed by atoms with Crippen LogP contribution < -0.4 is 0 Å². The van der Waals surface area contributed by atoms with Gasteiger partial charge >= 0.3 is 5.97 Å². The number of aromatic nitrogens is 3. The lowest BCUT2D eigenvalue weighted by Crippen LogP contribution is -2.04. The molecule has 1 N–H and O–H groups in total. The first-order valence-corrected chi connectivity index (χ1v) is 11.1. The molecule has 31 heavy (non-hydrogen) atoms. The first kappa shape index (κ1) is 20.2. The van der Waals surface area contributed by atoms with Gasteiger partial charge < -0.3 is 9.67 Å². The lowest BCUT2D eigenvalue weighted by Gasteiger charge is -2.12. The largest absolute Gasteiger partial charge is 0.481 e. The molecule has 5 nitrogen and oxygen atoms in total. The van der Waals surface area contributed by atoms with Crippen molar-refractivity contribution in [1.29, 1.82) is 0 Å². The van der Waals surface area contributed by atoms with E-state index in [0.29, 0.717) is 11.6 Å². The van der Waals surface area contributed by atoms with E-state index >= 15 is 0 Å². The van der Waals surface area contributed by atoms with E-state index in [-0.39, 0.29) is 18.2 Å². The molecule has 0 bridgehead atoms. The fourth-order valence-corrected chi connectivity index (χ4v) is 5.80. The van der Waals surface area contributed by atoms with Gasteiger partial charge in [-0.2, -0.15) is 5.10 Å². The summed E-state index contributed by atoms with van der Waals surface area (Å²) in [5, 5.41) is 15.3. The second-order valence-corrected chi connectivity index (χ2v) is 9.21. The first-order valence-electron chi connectivity index (χ1n) is 9.91. The second kappa shape index (κ2) is 7.73. The molecule has 0 spiro atoms. The third-order valence-electron chi connectivity index (χ3n) is 5.76. The van der Waals surface area contributed by atoms with Crippen LogP contribution in [0.5, 0.6) is 0 Å². The third-order valence-corrected chi connectivity index (χ3v) is 7.14. The zero-order chi connectivity index (χ0) is 21.7. The summed E-state index contributed by atoms with van der Waals surface area (Å²) >= 11 is 7.63. The molecule has 0 radical (unpaired) electrons. The van der Waals surface area contributed by atoms with Crippen LogP contribution in [0.2, 0.25) is 5.02 Å². The monoisotopic (exact) mass is 455 g/mol. The van der Waals surface area contributed by atoms with Gasteiger partial charge in [0.15, 0.2) is 0 Å². The van der Waals surface area contributed by atoms with E-state index in [1.54, 1.807) is 28.7 Å². The fraction of sp³-hybridized carbons (Fsp3) is 0.217. The molecule has 4 aromatic rings. The van der Waals surface area contributed by atoms with Crippen molar-refractivity contribution in [2.24, 2.45) is 7.05 Å². The highest BCUT2D eigenvalue weighted by Gasteiger charge is 2.33. The molecule has 1 aliphatic rings. The summed E-state index contributed by atoms with van der Waals surface area (Å²) in [5.74, 6) is -1.28. The maximum atomic E-state index is 14.7. The molecule has 8 heteroatoms. The molecule has 158 valence electrons. The summed E-state index contributed by atoms with van der Waals surface area (Å²) in [5.41, 5.74) is 3.31. The summed E-state index contributed by atoms with van der Waals surface area (Å²) in [6.07, 6.45) is 2.46. The Morgan fingerprint density at radius 3 is 2.74 bits per heavy atom. The van der Waals surface area contributed by atoms with E-state index in [1.165, 1.54) is 6.07 Å². The summed E-state index contributed by atoms with van der Waals surface area (Å²) < 4.78 is 18.5. The van der Waals surface area contributed by atoms with Crippen molar-refractivity contribution in [2.75, 3.05) is 0 Å². The molecule has 0 aliphatic carbocycles. The Hall–Kier alpha value is -2.77. The zero-order valence-corrected chi connectivity index (χ0v) is 18.3. The topological polar surface area (TPSA) is 60.0 Å². The lowest BCUT2D eigenvalue weighted by molar-refractivity contribution is -0.137. The van der Waals surface area contributed by atoms with Gasteiger partial charge in [0.25, 0.3) is 0 Å². The van der Waals surface area contributed by atoms with Gasteiger partial charge in [-0.3, -0.25) is 9.48 Å². The van der Waals surface area contributed by atoms with Gasteiger partial charge in [-0.15, -0.1) is 0 Å². The van der Waals surface area contributed by atoms with Gasteiger partial charge in [-0.25, -0.2) is 4.39 Å². The first-order chi connectivity index (χ1) is 14.9. The number of nitrogens with zero attached hydrogens (tertiary/aromatic N) is 3. The van der Waals surface area contributed by atoms with Crippen LogP contribution >= 0.6 is 23.4 Å². The van der Waals surface area contributed by atoms with Gasteiger partial charge in [-0.05, 0) is 48.9 Å². The van der Waals surface area contributed by atoms with Gasteiger partial charge in [0.05, 0.1) is 17.6 Å². The van der Waals surface area contributed by atoms with E-state index < -0.39 is 5.97 Å². The Morgan fingerprint density at radius 2 is 2.06 bits per heavy atom. The Bertz CT molecular complexity index is 1310. The van der Waals surface area contributed by atoms with Crippen LogP contribution in [0.4, 0.5) is 4.39 Å². The van der Waals surface area contributed by atoms with E-state index in [2.05, 4.69) is 9.67 Å². The normalized spacial score (nSPS) is 15.5. The Morgan fingerprint density at radius 1 is 1.29 bits per heavy atom. The molecule has 1 aliphatic heterocycles. The number of carbonyl (C=O) groups is 1. The van der Waals surface area contributed by atoms with Crippen LogP contribution in [0.1, 0.15) is 24.5 Å². The van der Waals surface area contributed by atoms with Gasteiger partial charge in [-0.1, -0.05) is 23.4 Å². The van der Waals surface area contributed by atoms with Crippen LogP contribution in [-0.2, 0) is 18.4 Å². The highest BCUT2D eigenvalue weighted by Crippen LogP contribution is 2.49. The number of rotatable bonds is 5. The van der Waals surface area contributed by atoms with Crippen LogP contribution in [0.3, 0.4) is 0 Å². The van der Waals surface area contributed by atoms with Crippen molar-refractivity contribution < 1.29 is 14.3 Å². The Kier molecular flexibility index (Phi) is 5.02. The van der Waals surface area contributed by atoms with Crippen molar-refractivity contribution in [3.8, 4) is 11.3 Å². The highest BCUT2D eigenvalue weighted by molar-refractivity contribution is 7.99. The average Bonchev–Trinajstić information content (AvgIpc) is 3.40. The molecule has 1 atom stereocenters. The number of carboxylic acids is 1. The third kappa shape index (κ3) is 3.51. The van der Waals surface area contributed by atoms with Crippen molar-refractivity contribution in [1.82, 2.24) is 14.3 Å². The minimum absolute atomic E-state index is 0.0496. The molecule has 0 saturated heterocycles. The standard InChI is InChI=1S/C23H19ClFN3O2S/c1-27-18(6-8-26-27)17-11-15(25)12-19-21(17)23(31-16-4-2-14(24)3-5-16)22-13(10-20(29)30)7-9-28(19)22/h2-6,8,11-13H,7,9-10H2,1H3,(H,29,30). The predicted molar refractivity (Wildman–Crippen MR) is 119 cm³/mol. The number of benzene rings is 2. The zero-order valence-electron chi connectivity index (χ0n) is 16.7. The maximum Gasteiger partial charge on any atom is 0.304 e. The maximum absolute atomic E-state index is 14.7. The molecule has 1 unspecified atom stereocenters. The molecule has 2 aromatic heterocycles. The van der Waals surface area contributed by atoms with E-state index in [4.69, 9.17) is 11.6 Å². The SMILES string of the molecule is Cn1nccc1-c1cc(F)cc2c1c(Sc1ccc(Cl)cc1)c1n2CCC1CC(=O)O. The summed E-state index contributed by atoms with van der Waals surface area (Å²) in [6, 6.07) is 12.5. The minimum atomic E-state index is -0.829. The summed E-state index contributed by atoms with van der Waals surface area (Å²) in [4.78, 5) is 13.5. The number of halogens is 2. The van der Waals surface area contributed by atoms with Crippen LogP contribution in [0.25, 0.3) is 22.2 Å². The molecular formula is C23H19ClFN3O2S. The van der Waals surface area contributed by atoms with Crippen molar-refractivity contribution >= 4 is 40.2 Å². The second-order valence-electron chi connectivity index (χ2n) is 7.69. The van der Waals surface area contributed by atoms with E-state index in [9.17, 15) is 14.3 Å². The average molecular weight is 456 g/mol. The van der Waals surface area contributed by atoms with Crippen LogP contribution in [0.15, 0.2) is 58.5 Å². The minimum Gasteiger partial charge on any atom is -0.481 e. The fourth-order valence-electron chi connectivity index (χ4n) is 4.47. The number of aryl methyl sites for hydroxylation is 2. The number of hydrogen-bond donors (Lipinski definition) is 1. The van der Waals surface area contributed by atoms with Crippen LogP contribution in [-0.4, -0.2) is 25.4 Å². The van der Waals surface area contributed by atoms with Crippen molar-refractivity contribution in [3.05, 3.63) is 65.2 Å². The van der Waals surface area contributed by atoms with E-state index in [1.807, 2.05) is 37.4 Å². The molecule has 0 amide bonds. The van der Waals surface area contributed by atoms with Gasteiger partial charge in [0, 0.05) is 57.2 Å². The van der Waals surface area contributed by atoms with Crippen molar-refractivity contribution in [2.45, 2.75) is 35.1 Å². The molecule has 5 rings (SSSR count). The van der Waals surface area contributed by atoms with Gasteiger partial charge in [0.1, 0.15) is 5.82 Å². The molecule has 2 aromatic carbocycles. The summed E-state index contributed by atoms with van der Waals surface area (Å²) in [6.45, 7) is 0.666. The predicted octanol–water partition coefficient (Wildman–Crippen LogP) is 5.95. The van der Waals surface area contributed by atoms with E-state index in [0.717, 1.165) is 44.1 Å². The molecule has 0 fully saturated rings. The smallest absolute Gasteiger partial charge is 0.304 e. The molecular weight excluding hydrogens is 437 g/mol. The molecule has 3 heterocycles.